The number of ether oxygens (including phenoxy) is 1. The van der Waals surface area contributed by atoms with E-state index in [1.807, 2.05) is 30.3 Å². The molecule has 1 aliphatic rings. The number of aliphatic hydroxyl groups is 1. The number of hydrogen-bond donors (Lipinski definition) is 1. The number of rotatable bonds is 4. The van der Waals surface area contributed by atoms with Gasteiger partial charge in [0.15, 0.2) is 5.60 Å². The van der Waals surface area contributed by atoms with E-state index in [2.05, 4.69) is 4.74 Å². The molecule has 0 radical (unpaired) electrons. The third kappa shape index (κ3) is 2.80. The van der Waals surface area contributed by atoms with Gasteiger partial charge in [-0.1, -0.05) is 36.4 Å². The SMILES string of the molecule is COC(=O)[C@@](O)(/C=C/c1ccccc1)[C@@H]1CCCC1=O. The first-order valence-corrected chi connectivity index (χ1v) is 6.65. The molecule has 106 valence electrons. The predicted octanol–water partition coefficient (Wildman–Crippen LogP) is 1.97. The van der Waals surface area contributed by atoms with Crippen molar-refractivity contribution >= 4 is 17.8 Å². The molecule has 4 heteroatoms. The van der Waals surface area contributed by atoms with Gasteiger partial charge in [0.1, 0.15) is 5.78 Å². The van der Waals surface area contributed by atoms with Crippen LogP contribution in [-0.2, 0) is 14.3 Å². The van der Waals surface area contributed by atoms with Gasteiger partial charge in [0, 0.05) is 6.42 Å². The summed E-state index contributed by atoms with van der Waals surface area (Å²) in [5.74, 6) is -1.59. The van der Waals surface area contributed by atoms with Crippen LogP contribution >= 0.6 is 0 Å². The molecule has 2 rings (SSSR count). The maximum atomic E-state index is 11.9. The molecule has 0 amide bonds. The van der Waals surface area contributed by atoms with E-state index in [0.29, 0.717) is 19.3 Å². The number of esters is 1. The summed E-state index contributed by atoms with van der Waals surface area (Å²) in [4.78, 5) is 23.8. The van der Waals surface area contributed by atoms with E-state index in [-0.39, 0.29) is 5.78 Å². The molecule has 0 unspecified atom stereocenters. The highest BCUT2D eigenvalue weighted by atomic mass is 16.5. The maximum Gasteiger partial charge on any atom is 0.342 e. The van der Waals surface area contributed by atoms with Gasteiger partial charge < -0.3 is 9.84 Å². The number of methoxy groups -OCH3 is 1. The van der Waals surface area contributed by atoms with Gasteiger partial charge >= 0.3 is 5.97 Å². The molecule has 1 aromatic rings. The lowest BCUT2D eigenvalue weighted by Gasteiger charge is -2.27. The Morgan fingerprint density at radius 3 is 2.65 bits per heavy atom. The summed E-state index contributed by atoms with van der Waals surface area (Å²) in [5, 5.41) is 10.6. The number of ketones is 1. The summed E-state index contributed by atoms with van der Waals surface area (Å²) in [6.07, 6.45) is 4.62. The Hall–Kier alpha value is -1.94. The van der Waals surface area contributed by atoms with E-state index in [9.17, 15) is 14.7 Å². The van der Waals surface area contributed by atoms with Gasteiger partial charge in [-0.05, 0) is 24.5 Å². The molecule has 4 nitrogen and oxygen atoms in total. The molecule has 0 bridgehead atoms. The standard InChI is InChI=1S/C16H18O4/c1-20-15(18)16(19,13-8-5-9-14(13)17)11-10-12-6-3-2-4-7-12/h2-4,6-7,10-11,13,19H,5,8-9H2,1H3/b11-10+/t13-,16-/m1/s1. The third-order valence-electron chi connectivity index (χ3n) is 3.68. The highest BCUT2D eigenvalue weighted by Gasteiger charge is 2.48. The fraction of sp³-hybridized carbons (Fsp3) is 0.375. The van der Waals surface area contributed by atoms with Crippen LogP contribution in [0.2, 0.25) is 0 Å². The Morgan fingerprint density at radius 2 is 2.10 bits per heavy atom. The van der Waals surface area contributed by atoms with Gasteiger partial charge in [-0.25, -0.2) is 4.79 Å². The summed E-state index contributed by atoms with van der Waals surface area (Å²) in [5.41, 5.74) is -1.03. The Balaban J connectivity index is 2.30. The zero-order chi connectivity index (χ0) is 14.6. The van der Waals surface area contributed by atoms with Crippen molar-refractivity contribution in [3.63, 3.8) is 0 Å². The van der Waals surface area contributed by atoms with Crippen LogP contribution in [0, 0.1) is 5.92 Å². The van der Waals surface area contributed by atoms with Crippen molar-refractivity contribution in [2.75, 3.05) is 7.11 Å². The van der Waals surface area contributed by atoms with Crippen molar-refractivity contribution in [3.05, 3.63) is 42.0 Å². The molecule has 0 aromatic heterocycles. The minimum Gasteiger partial charge on any atom is -0.467 e. The Bertz CT molecular complexity index is 521. The molecule has 20 heavy (non-hydrogen) atoms. The number of carbonyl (C=O) groups is 2. The average molecular weight is 274 g/mol. The van der Waals surface area contributed by atoms with Crippen molar-refractivity contribution in [1.29, 1.82) is 0 Å². The minimum absolute atomic E-state index is 0.0874. The van der Waals surface area contributed by atoms with Crippen LogP contribution in [0.1, 0.15) is 24.8 Å². The van der Waals surface area contributed by atoms with Gasteiger partial charge in [0.2, 0.25) is 0 Å². The van der Waals surface area contributed by atoms with Crippen molar-refractivity contribution in [1.82, 2.24) is 0 Å². The zero-order valence-corrected chi connectivity index (χ0v) is 11.4. The predicted molar refractivity (Wildman–Crippen MR) is 74.8 cm³/mol. The summed E-state index contributed by atoms with van der Waals surface area (Å²) in [6.45, 7) is 0. The van der Waals surface area contributed by atoms with E-state index < -0.39 is 17.5 Å². The van der Waals surface area contributed by atoms with Gasteiger partial charge in [-0.2, -0.15) is 0 Å². The number of hydrogen-bond acceptors (Lipinski definition) is 4. The summed E-state index contributed by atoms with van der Waals surface area (Å²) >= 11 is 0. The quantitative estimate of drug-likeness (QED) is 0.853. The molecule has 1 fully saturated rings. The zero-order valence-electron chi connectivity index (χ0n) is 11.4. The highest BCUT2D eigenvalue weighted by molar-refractivity contribution is 5.94. The van der Waals surface area contributed by atoms with E-state index in [4.69, 9.17) is 0 Å². The summed E-state index contributed by atoms with van der Waals surface area (Å²) in [7, 11) is 1.21. The Kier molecular flexibility index (Phi) is 4.35. The lowest BCUT2D eigenvalue weighted by molar-refractivity contribution is -0.164. The van der Waals surface area contributed by atoms with E-state index in [1.54, 1.807) is 6.08 Å². The lowest BCUT2D eigenvalue weighted by atomic mass is 9.84. The van der Waals surface area contributed by atoms with Crippen LogP contribution in [0.25, 0.3) is 6.08 Å². The molecule has 1 aliphatic carbocycles. The number of benzene rings is 1. The van der Waals surface area contributed by atoms with Crippen LogP contribution in [0.15, 0.2) is 36.4 Å². The Labute approximate surface area is 118 Å². The van der Waals surface area contributed by atoms with E-state index in [0.717, 1.165) is 5.56 Å². The monoisotopic (exact) mass is 274 g/mol. The second-order valence-electron chi connectivity index (χ2n) is 4.97. The molecule has 1 saturated carbocycles. The smallest absolute Gasteiger partial charge is 0.342 e. The highest BCUT2D eigenvalue weighted by Crippen LogP contribution is 2.33. The molecule has 0 spiro atoms. The van der Waals surface area contributed by atoms with Crippen LogP contribution < -0.4 is 0 Å². The molecular formula is C16H18O4. The first-order valence-electron chi connectivity index (χ1n) is 6.65. The first-order chi connectivity index (χ1) is 9.58. The molecule has 0 saturated heterocycles. The van der Waals surface area contributed by atoms with E-state index in [1.165, 1.54) is 13.2 Å². The fourth-order valence-corrected chi connectivity index (χ4v) is 2.56. The molecular weight excluding hydrogens is 256 g/mol. The van der Waals surface area contributed by atoms with Crippen molar-refractivity contribution < 1.29 is 19.4 Å². The number of Topliss-reactive ketones (excluding diaryl/α,β-unsaturated/α-hetero) is 1. The van der Waals surface area contributed by atoms with Gasteiger partial charge in [-0.3, -0.25) is 4.79 Å². The minimum atomic E-state index is -1.88. The largest absolute Gasteiger partial charge is 0.467 e. The average Bonchev–Trinajstić information content (AvgIpc) is 2.91. The first kappa shape index (κ1) is 14.5. The molecule has 1 aromatic carbocycles. The van der Waals surface area contributed by atoms with Crippen molar-refractivity contribution in [3.8, 4) is 0 Å². The van der Waals surface area contributed by atoms with Gasteiger partial charge in [0.05, 0.1) is 13.0 Å². The molecule has 1 N–H and O–H groups in total. The van der Waals surface area contributed by atoms with Crippen LogP contribution in [0.3, 0.4) is 0 Å². The summed E-state index contributed by atoms with van der Waals surface area (Å²) in [6, 6.07) is 9.30. The van der Waals surface area contributed by atoms with Gasteiger partial charge in [0.25, 0.3) is 0 Å². The molecule has 0 heterocycles. The van der Waals surface area contributed by atoms with Crippen molar-refractivity contribution in [2.45, 2.75) is 24.9 Å². The fourth-order valence-electron chi connectivity index (χ4n) is 2.56. The van der Waals surface area contributed by atoms with Crippen LogP contribution in [-0.4, -0.2) is 29.6 Å². The molecule has 0 aliphatic heterocycles. The van der Waals surface area contributed by atoms with Crippen molar-refractivity contribution in [2.24, 2.45) is 5.92 Å². The lowest BCUT2D eigenvalue weighted by Crippen LogP contribution is -2.46. The Morgan fingerprint density at radius 1 is 1.40 bits per heavy atom. The normalized spacial score (nSPS) is 21.9. The second-order valence-corrected chi connectivity index (χ2v) is 4.97. The molecule has 2 atom stereocenters. The van der Waals surface area contributed by atoms with Crippen LogP contribution in [0.5, 0.6) is 0 Å². The van der Waals surface area contributed by atoms with Gasteiger partial charge in [-0.15, -0.1) is 0 Å². The number of carbonyl (C=O) groups excluding carboxylic acids is 2. The second kappa shape index (κ2) is 6.01. The van der Waals surface area contributed by atoms with E-state index >= 15 is 0 Å². The maximum absolute atomic E-state index is 11.9. The summed E-state index contributed by atoms with van der Waals surface area (Å²) < 4.78 is 4.67. The topological polar surface area (TPSA) is 63.6 Å². The third-order valence-corrected chi connectivity index (χ3v) is 3.68. The van der Waals surface area contributed by atoms with Crippen LogP contribution in [0.4, 0.5) is 0 Å².